The third-order valence-corrected chi connectivity index (χ3v) is 13.7. The van der Waals surface area contributed by atoms with Gasteiger partial charge in [-0.1, -0.05) is 111 Å². The monoisotopic (exact) mass is 451 g/mol. The Morgan fingerprint density at radius 1 is 0.897 bits per heavy atom. The molecule has 2 aromatic rings. The van der Waals surface area contributed by atoms with Crippen LogP contribution in [-0.4, -0.2) is 22.4 Å². The van der Waals surface area contributed by atoms with Crippen molar-refractivity contribution in [3.05, 3.63) is 71.8 Å². The molecular weight excluding hydrogens is 421 g/mol. The summed E-state index contributed by atoms with van der Waals surface area (Å²) in [6, 6.07) is 19.4. The zero-order valence-electron chi connectivity index (χ0n) is 17.4. The van der Waals surface area contributed by atoms with E-state index in [0.717, 1.165) is 11.1 Å². The Bertz CT molecular complexity index is 786. The SMILES string of the molecule is CC(C)SP(=O)(SC(C)C)C(Cc1ccccc1)NC(=O)OCc1ccccc1. The molecule has 0 aliphatic heterocycles. The number of hydrogen-bond acceptors (Lipinski definition) is 5. The van der Waals surface area contributed by atoms with E-state index >= 15 is 0 Å². The third-order valence-electron chi connectivity index (χ3n) is 3.87. The molecule has 0 saturated heterocycles. The highest BCUT2D eigenvalue weighted by Crippen LogP contribution is 2.74. The van der Waals surface area contributed by atoms with E-state index in [9.17, 15) is 9.36 Å². The molecule has 2 aromatic carbocycles. The molecule has 4 nitrogen and oxygen atoms in total. The van der Waals surface area contributed by atoms with E-state index in [-0.39, 0.29) is 17.1 Å². The molecule has 0 bridgehead atoms. The van der Waals surface area contributed by atoms with E-state index in [1.807, 2.05) is 88.4 Å². The molecular formula is C22H30NO3PS2. The van der Waals surface area contributed by atoms with Gasteiger partial charge < -0.3 is 10.1 Å². The van der Waals surface area contributed by atoms with Crippen LogP contribution in [0.1, 0.15) is 38.8 Å². The van der Waals surface area contributed by atoms with Crippen molar-refractivity contribution in [1.82, 2.24) is 5.32 Å². The van der Waals surface area contributed by atoms with Crippen molar-refractivity contribution >= 4 is 34.4 Å². The fraction of sp³-hybridized carbons (Fsp3) is 0.409. The first-order valence-corrected chi connectivity index (χ1v) is 14.5. The first-order chi connectivity index (χ1) is 13.8. The molecule has 0 radical (unpaired) electrons. The van der Waals surface area contributed by atoms with Gasteiger partial charge in [-0.25, -0.2) is 4.79 Å². The Morgan fingerprint density at radius 3 is 1.86 bits per heavy atom. The van der Waals surface area contributed by atoms with Gasteiger partial charge in [-0.2, -0.15) is 0 Å². The predicted molar refractivity (Wildman–Crippen MR) is 127 cm³/mol. The maximum Gasteiger partial charge on any atom is 0.408 e. The highest BCUT2D eigenvalue weighted by molar-refractivity contribution is 8.91. The van der Waals surface area contributed by atoms with Crippen molar-refractivity contribution < 1.29 is 14.1 Å². The topological polar surface area (TPSA) is 55.4 Å². The summed E-state index contributed by atoms with van der Waals surface area (Å²) in [5.74, 6) is -0.507. The average molecular weight is 452 g/mol. The lowest BCUT2D eigenvalue weighted by atomic mass is 10.1. The molecule has 1 amide bonds. The summed E-state index contributed by atoms with van der Waals surface area (Å²) in [6.45, 7) is 8.32. The predicted octanol–water partition coefficient (Wildman–Crippen LogP) is 6.96. The molecule has 0 heterocycles. The molecule has 1 N–H and O–H groups in total. The van der Waals surface area contributed by atoms with E-state index in [1.165, 1.54) is 22.8 Å². The van der Waals surface area contributed by atoms with Gasteiger partial charge in [0.2, 0.25) is 5.55 Å². The molecule has 1 unspecified atom stereocenters. The van der Waals surface area contributed by atoms with Crippen LogP contribution in [0.25, 0.3) is 0 Å². The molecule has 0 aromatic heterocycles. The number of carbonyl (C=O) groups excluding carboxylic acids is 1. The van der Waals surface area contributed by atoms with Crippen molar-refractivity contribution in [1.29, 1.82) is 0 Å². The molecule has 0 fully saturated rings. The molecule has 0 aliphatic carbocycles. The molecule has 29 heavy (non-hydrogen) atoms. The Kier molecular flexibility index (Phi) is 9.67. The van der Waals surface area contributed by atoms with Gasteiger partial charge in [0.05, 0.1) is 0 Å². The second kappa shape index (κ2) is 11.7. The summed E-state index contributed by atoms with van der Waals surface area (Å²) in [7, 11) is 0. The minimum Gasteiger partial charge on any atom is -0.445 e. The zero-order chi connectivity index (χ0) is 21.3. The van der Waals surface area contributed by atoms with E-state index in [2.05, 4.69) is 5.32 Å². The van der Waals surface area contributed by atoms with Crippen LogP contribution in [0.2, 0.25) is 0 Å². The van der Waals surface area contributed by atoms with Gasteiger partial charge in [0.25, 0.3) is 0 Å². The second-order valence-electron chi connectivity index (χ2n) is 7.26. The quantitative estimate of drug-likeness (QED) is 0.396. The lowest BCUT2D eigenvalue weighted by Gasteiger charge is -2.29. The summed E-state index contributed by atoms with van der Waals surface area (Å²) in [6.07, 6.45) is -0.0402. The van der Waals surface area contributed by atoms with Gasteiger partial charge >= 0.3 is 6.09 Å². The fourth-order valence-corrected chi connectivity index (χ4v) is 13.8. The molecule has 0 aliphatic rings. The van der Waals surface area contributed by atoms with Gasteiger partial charge in [-0.05, 0) is 11.1 Å². The van der Waals surface area contributed by atoms with E-state index in [0.29, 0.717) is 6.42 Å². The Hall–Kier alpha value is -1.36. The normalized spacial score (nSPS) is 12.8. The largest absolute Gasteiger partial charge is 0.445 e. The van der Waals surface area contributed by atoms with E-state index in [4.69, 9.17) is 4.74 Å². The number of ether oxygens (including phenoxy) is 1. The number of hydrogen-bond donors (Lipinski definition) is 1. The summed E-state index contributed by atoms with van der Waals surface area (Å²) in [5.41, 5.74) is -0.883. The van der Waals surface area contributed by atoms with Crippen LogP contribution in [0, 0.1) is 0 Å². The first kappa shape index (κ1) is 23.9. The number of rotatable bonds is 10. The van der Waals surface area contributed by atoms with Gasteiger partial charge in [-0.15, -0.1) is 0 Å². The van der Waals surface area contributed by atoms with Crippen LogP contribution >= 0.6 is 28.3 Å². The van der Waals surface area contributed by atoms with Gasteiger partial charge in [0, 0.05) is 16.9 Å². The van der Waals surface area contributed by atoms with Gasteiger partial charge in [0.1, 0.15) is 12.4 Å². The lowest BCUT2D eigenvalue weighted by Crippen LogP contribution is -2.36. The first-order valence-electron chi connectivity index (χ1n) is 9.76. The summed E-state index contributed by atoms with van der Waals surface area (Å²) in [4.78, 5) is 12.6. The Balaban J connectivity index is 2.18. The number of nitrogens with one attached hydrogen (secondary N) is 1. The molecule has 1 atom stereocenters. The summed E-state index contributed by atoms with van der Waals surface area (Å²) < 4.78 is 19.4. The number of benzene rings is 2. The van der Waals surface area contributed by atoms with Crippen LogP contribution in [-0.2, 0) is 22.3 Å². The Morgan fingerprint density at radius 2 is 1.38 bits per heavy atom. The standard InChI is InChI=1S/C22H30NO3PS2/c1-17(2)28-27(25,29-18(3)4)21(15-19-11-7-5-8-12-19)23-22(24)26-16-20-13-9-6-10-14-20/h5-14,17-18,21H,15-16H2,1-4H3,(H,23,24). The van der Waals surface area contributed by atoms with Crippen LogP contribution in [0.15, 0.2) is 60.7 Å². The molecule has 0 spiro atoms. The molecule has 158 valence electrons. The van der Waals surface area contributed by atoms with Crippen molar-refractivity contribution in [3.8, 4) is 0 Å². The number of amides is 1. The minimum atomic E-state index is -2.84. The van der Waals surface area contributed by atoms with Crippen LogP contribution in [0.5, 0.6) is 0 Å². The highest BCUT2D eigenvalue weighted by Gasteiger charge is 2.38. The van der Waals surface area contributed by atoms with Crippen LogP contribution in [0.3, 0.4) is 0 Å². The average Bonchev–Trinajstić information content (AvgIpc) is 2.66. The fourth-order valence-electron chi connectivity index (χ4n) is 2.74. The number of carbonyl (C=O) groups is 1. The van der Waals surface area contributed by atoms with E-state index in [1.54, 1.807) is 0 Å². The minimum absolute atomic E-state index is 0.184. The van der Waals surface area contributed by atoms with Crippen molar-refractivity contribution in [3.63, 3.8) is 0 Å². The van der Waals surface area contributed by atoms with Crippen LogP contribution in [0.4, 0.5) is 4.79 Å². The number of alkyl carbamates (subject to hydrolysis) is 1. The second-order valence-corrected chi connectivity index (χ2v) is 16.5. The van der Waals surface area contributed by atoms with Gasteiger partial charge in [0.15, 0.2) is 0 Å². The van der Waals surface area contributed by atoms with Gasteiger partial charge in [-0.3, -0.25) is 4.57 Å². The lowest BCUT2D eigenvalue weighted by molar-refractivity contribution is 0.138. The van der Waals surface area contributed by atoms with Crippen molar-refractivity contribution in [2.45, 2.75) is 57.0 Å². The summed E-state index contributed by atoms with van der Waals surface area (Å²) in [5, 5.41) is 3.30. The van der Waals surface area contributed by atoms with Crippen molar-refractivity contribution in [2.75, 3.05) is 0 Å². The Labute approximate surface area is 182 Å². The maximum atomic E-state index is 14.0. The highest BCUT2D eigenvalue weighted by atomic mass is 33.1. The van der Waals surface area contributed by atoms with E-state index < -0.39 is 17.4 Å². The van der Waals surface area contributed by atoms with Crippen molar-refractivity contribution in [2.24, 2.45) is 0 Å². The molecule has 2 rings (SSSR count). The van der Waals surface area contributed by atoms with Crippen LogP contribution < -0.4 is 5.32 Å². The molecule has 0 saturated carbocycles. The molecule has 7 heteroatoms. The smallest absolute Gasteiger partial charge is 0.408 e. The third kappa shape index (κ3) is 8.49. The summed E-state index contributed by atoms with van der Waals surface area (Å²) >= 11 is 2.92. The zero-order valence-corrected chi connectivity index (χ0v) is 19.9. The maximum absolute atomic E-state index is 14.0.